The summed E-state index contributed by atoms with van der Waals surface area (Å²) in [5, 5.41) is 10.4. The molecule has 0 radical (unpaired) electrons. The molecule has 0 spiro atoms. The zero-order valence-corrected chi connectivity index (χ0v) is 14.3. The number of rotatable bonds is 5. The quantitative estimate of drug-likeness (QED) is 0.823. The van der Waals surface area contributed by atoms with Crippen LogP contribution in [0.25, 0.3) is 0 Å². The van der Waals surface area contributed by atoms with Crippen LogP contribution in [-0.4, -0.2) is 30.2 Å². The van der Waals surface area contributed by atoms with Crippen molar-refractivity contribution in [3.63, 3.8) is 0 Å². The van der Waals surface area contributed by atoms with Crippen molar-refractivity contribution in [3.05, 3.63) is 46.6 Å². The molecule has 6 heteroatoms. The predicted molar refractivity (Wildman–Crippen MR) is 93.2 cm³/mol. The SMILES string of the molecule is N#Cc1c(Cl)nsc1N1CCC(OCCc2ccccc2)CC1. The average Bonchev–Trinajstić information content (AvgIpc) is 2.97. The molecule has 1 saturated heterocycles. The van der Waals surface area contributed by atoms with Gasteiger partial charge in [-0.25, -0.2) is 0 Å². The Bertz CT molecular complexity index is 675. The Labute approximate surface area is 145 Å². The van der Waals surface area contributed by atoms with Gasteiger partial charge in [0.2, 0.25) is 0 Å². The van der Waals surface area contributed by atoms with Gasteiger partial charge in [-0.1, -0.05) is 41.9 Å². The number of ether oxygens (including phenoxy) is 1. The molecular weight excluding hydrogens is 330 g/mol. The molecule has 0 bridgehead atoms. The maximum Gasteiger partial charge on any atom is 0.162 e. The largest absolute Gasteiger partial charge is 0.378 e. The van der Waals surface area contributed by atoms with E-state index in [0.29, 0.717) is 16.8 Å². The maximum atomic E-state index is 9.18. The number of hydrogen-bond donors (Lipinski definition) is 0. The van der Waals surface area contributed by atoms with E-state index in [1.54, 1.807) is 0 Å². The summed E-state index contributed by atoms with van der Waals surface area (Å²) in [4.78, 5) is 2.19. The molecule has 0 saturated carbocycles. The summed E-state index contributed by atoms with van der Waals surface area (Å²) in [6, 6.07) is 12.5. The first-order valence-electron chi connectivity index (χ1n) is 7.73. The molecule has 1 aromatic carbocycles. The van der Waals surface area contributed by atoms with Gasteiger partial charge in [0.15, 0.2) is 5.15 Å². The third kappa shape index (κ3) is 4.03. The molecule has 0 unspecified atom stereocenters. The minimum Gasteiger partial charge on any atom is -0.378 e. The molecule has 0 aliphatic carbocycles. The minimum absolute atomic E-state index is 0.295. The Morgan fingerprint density at radius 3 is 2.74 bits per heavy atom. The normalized spacial score (nSPS) is 15.6. The van der Waals surface area contributed by atoms with E-state index in [-0.39, 0.29) is 0 Å². The lowest BCUT2D eigenvalue weighted by molar-refractivity contribution is 0.0391. The molecule has 2 heterocycles. The second kappa shape index (κ2) is 7.78. The molecule has 4 nitrogen and oxygen atoms in total. The van der Waals surface area contributed by atoms with E-state index in [1.807, 2.05) is 6.07 Å². The van der Waals surface area contributed by atoms with Crippen molar-refractivity contribution in [3.8, 4) is 6.07 Å². The van der Waals surface area contributed by atoms with Gasteiger partial charge in [-0.3, -0.25) is 0 Å². The summed E-state index contributed by atoms with van der Waals surface area (Å²) >= 11 is 7.25. The molecule has 1 aliphatic heterocycles. The summed E-state index contributed by atoms with van der Waals surface area (Å²) in [5.41, 5.74) is 1.81. The third-order valence-electron chi connectivity index (χ3n) is 4.06. The van der Waals surface area contributed by atoms with Gasteiger partial charge in [-0.2, -0.15) is 9.64 Å². The van der Waals surface area contributed by atoms with Crippen molar-refractivity contribution in [2.24, 2.45) is 0 Å². The van der Waals surface area contributed by atoms with Crippen LogP contribution in [0.4, 0.5) is 5.00 Å². The van der Waals surface area contributed by atoms with Crippen LogP contribution in [0, 0.1) is 11.3 Å². The van der Waals surface area contributed by atoms with Crippen LogP contribution in [0.15, 0.2) is 30.3 Å². The second-order valence-electron chi connectivity index (χ2n) is 5.56. The number of benzene rings is 1. The molecule has 0 amide bonds. The highest BCUT2D eigenvalue weighted by Gasteiger charge is 2.24. The molecule has 23 heavy (non-hydrogen) atoms. The highest BCUT2D eigenvalue weighted by Crippen LogP contribution is 2.33. The number of halogens is 1. The Kier molecular flexibility index (Phi) is 5.50. The third-order valence-corrected chi connectivity index (χ3v) is 5.34. The van der Waals surface area contributed by atoms with E-state index >= 15 is 0 Å². The van der Waals surface area contributed by atoms with Gasteiger partial charge in [0.05, 0.1) is 12.7 Å². The van der Waals surface area contributed by atoms with Crippen LogP contribution in [0.1, 0.15) is 24.0 Å². The van der Waals surface area contributed by atoms with Gasteiger partial charge in [0, 0.05) is 13.1 Å². The molecule has 3 rings (SSSR count). The van der Waals surface area contributed by atoms with Crippen LogP contribution in [0.3, 0.4) is 0 Å². The number of hydrogen-bond acceptors (Lipinski definition) is 5. The van der Waals surface area contributed by atoms with Gasteiger partial charge < -0.3 is 9.64 Å². The van der Waals surface area contributed by atoms with Crippen molar-refractivity contribution in [1.82, 2.24) is 4.37 Å². The Morgan fingerprint density at radius 1 is 1.30 bits per heavy atom. The Morgan fingerprint density at radius 2 is 2.04 bits per heavy atom. The van der Waals surface area contributed by atoms with E-state index in [4.69, 9.17) is 16.3 Å². The summed E-state index contributed by atoms with van der Waals surface area (Å²) in [6.07, 6.45) is 3.18. The number of nitrogens with zero attached hydrogens (tertiary/aromatic N) is 3. The lowest BCUT2D eigenvalue weighted by Gasteiger charge is -2.32. The van der Waals surface area contributed by atoms with Crippen molar-refractivity contribution < 1.29 is 4.74 Å². The topological polar surface area (TPSA) is 49.2 Å². The zero-order chi connectivity index (χ0) is 16.1. The second-order valence-corrected chi connectivity index (χ2v) is 6.67. The first-order chi connectivity index (χ1) is 11.3. The molecule has 2 aromatic rings. The zero-order valence-electron chi connectivity index (χ0n) is 12.7. The van der Waals surface area contributed by atoms with Gasteiger partial charge >= 0.3 is 0 Å². The Balaban J connectivity index is 1.46. The van der Waals surface area contributed by atoms with Crippen LogP contribution < -0.4 is 4.90 Å². The van der Waals surface area contributed by atoms with E-state index in [0.717, 1.165) is 44.0 Å². The smallest absolute Gasteiger partial charge is 0.162 e. The van der Waals surface area contributed by atoms with Crippen molar-refractivity contribution in [2.45, 2.75) is 25.4 Å². The number of aromatic nitrogens is 1. The molecule has 0 atom stereocenters. The van der Waals surface area contributed by atoms with Gasteiger partial charge in [-0.15, -0.1) is 0 Å². The van der Waals surface area contributed by atoms with Gasteiger partial charge in [-0.05, 0) is 36.4 Å². The fourth-order valence-corrected chi connectivity index (χ4v) is 3.87. The molecule has 1 fully saturated rings. The monoisotopic (exact) mass is 347 g/mol. The summed E-state index contributed by atoms with van der Waals surface area (Å²) in [5.74, 6) is 0. The fraction of sp³-hybridized carbons (Fsp3) is 0.412. The standard InChI is InChI=1S/C17H18ClN3OS/c18-16-15(12-19)17(23-20-16)21-9-6-14(7-10-21)22-11-8-13-4-2-1-3-5-13/h1-5,14H,6-11H2. The first kappa shape index (κ1) is 16.3. The van der Waals surface area contributed by atoms with E-state index in [9.17, 15) is 5.26 Å². The summed E-state index contributed by atoms with van der Waals surface area (Å²) in [7, 11) is 0. The van der Waals surface area contributed by atoms with Crippen LogP contribution >= 0.6 is 23.1 Å². The predicted octanol–water partition coefficient (Wildman–Crippen LogP) is 3.90. The van der Waals surface area contributed by atoms with Crippen molar-refractivity contribution in [2.75, 3.05) is 24.6 Å². The number of nitriles is 1. The number of anilines is 1. The first-order valence-corrected chi connectivity index (χ1v) is 8.89. The van der Waals surface area contributed by atoms with E-state index in [2.05, 4.69) is 39.6 Å². The average molecular weight is 348 g/mol. The highest BCUT2D eigenvalue weighted by atomic mass is 35.5. The van der Waals surface area contributed by atoms with Crippen LogP contribution in [0.2, 0.25) is 5.15 Å². The minimum atomic E-state index is 0.295. The van der Waals surface area contributed by atoms with Crippen molar-refractivity contribution >= 4 is 28.1 Å². The maximum absolute atomic E-state index is 9.18. The summed E-state index contributed by atoms with van der Waals surface area (Å²) in [6.45, 7) is 2.51. The van der Waals surface area contributed by atoms with Gasteiger partial charge in [0.1, 0.15) is 16.6 Å². The van der Waals surface area contributed by atoms with Crippen LogP contribution in [0.5, 0.6) is 0 Å². The van der Waals surface area contributed by atoms with E-state index < -0.39 is 0 Å². The molecule has 1 aliphatic rings. The highest BCUT2D eigenvalue weighted by molar-refractivity contribution is 7.10. The lowest BCUT2D eigenvalue weighted by Crippen LogP contribution is -2.37. The van der Waals surface area contributed by atoms with Crippen LogP contribution in [-0.2, 0) is 11.2 Å². The summed E-state index contributed by atoms with van der Waals surface area (Å²) < 4.78 is 10.1. The van der Waals surface area contributed by atoms with Gasteiger partial charge in [0.25, 0.3) is 0 Å². The molecule has 0 N–H and O–H groups in total. The molecule has 1 aromatic heterocycles. The fourth-order valence-electron chi connectivity index (χ4n) is 2.79. The lowest BCUT2D eigenvalue weighted by atomic mass is 10.1. The number of piperidine rings is 1. The van der Waals surface area contributed by atoms with Crippen molar-refractivity contribution in [1.29, 1.82) is 5.26 Å². The Hall–Kier alpha value is -1.61. The molecular formula is C17H18ClN3OS. The van der Waals surface area contributed by atoms with E-state index in [1.165, 1.54) is 17.1 Å². The molecule has 120 valence electrons.